The van der Waals surface area contributed by atoms with Gasteiger partial charge in [0.05, 0.1) is 22.8 Å². The lowest BCUT2D eigenvalue weighted by Crippen LogP contribution is -2.48. The summed E-state index contributed by atoms with van der Waals surface area (Å²) < 4.78 is 5.27. The molecule has 1 N–H and O–H groups in total. The van der Waals surface area contributed by atoms with Gasteiger partial charge in [0.25, 0.3) is 0 Å². The molecular formula is C22H22Cl3N3O3. The van der Waals surface area contributed by atoms with Crippen LogP contribution in [-0.4, -0.2) is 50.0 Å². The Morgan fingerprint density at radius 3 is 2.35 bits per heavy atom. The van der Waals surface area contributed by atoms with Crippen LogP contribution in [0.4, 0.5) is 11.4 Å². The van der Waals surface area contributed by atoms with Crippen LogP contribution in [0.2, 0.25) is 15.1 Å². The van der Waals surface area contributed by atoms with E-state index in [0.717, 1.165) is 5.69 Å². The van der Waals surface area contributed by atoms with E-state index in [4.69, 9.17) is 39.5 Å². The first-order valence-electron chi connectivity index (χ1n) is 9.60. The van der Waals surface area contributed by atoms with Gasteiger partial charge in [-0.1, -0.05) is 34.8 Å². The van der Waals surface area contributed by atoms with Crippen LogP contribution in [0.5, 0.6) is 5.75 Å². The minimum Gasteiger partial charge on any atom is -0.495 e. The molecule has 0 unspecified atom stereocenters. The van der Waals surface area contributed by atoms with Crippen LogP contribution in [0.1, 0.15) is 12.5 Å². The van der Waals surface area contributed by atoms with E-state index in [2.05, 4.69) is 10.2 Å². The number of carbonyl (C=O) groups excluding carboxylic acids is 2. The van der Waals surface area contributed by atoms with Crippen LogP contribution >= 0.6 is 34.8 Å². The number of hydrogen-bond acceptors (Lipinski definition) is 4. The third-order valence-electron chi connectivity index (χ3n) is 4.94. The Kier molecular flexibility index (Phi) is 7.70. The van der Waals surface area contributed by atoms with Gasteiger partial charge in [0.1, 0.15) is 5.75 Å². The summed E-state index contributed by atoms with van der Waals surface area (Å²) in [6, 6.07) is 8.60. The Morgan fingerprint density at radius 2 is 1.74 bits per heavy atom. The molecule has 0 atom stereocenters. The molecule has 9 heteroatoms. The third-order valence-corrected chi connectivity index (χ3v) is 5.74. The summed E-state index contributed by atoms with van der Waals surface area (Å²) in [6.07, 6.45) is 2.95. The predicted octanol–water partition coefficient (Wildman–Crippen LogP) is 4.98. The summed E-state index contributed by atoms with van der Waals surface area (Å²) in [5.41, 5.74) is 2.03. The van der Waals surface area contributed by atoms with E-state index in [9.17, 15) is 9.59 Å². The normalized spacial score (nSPS) is 14.1. The van der Waals surface area contributed by atoms with Crippen molar-refractivity contribution in [3.63, 3.8) is 0 Å². The van der Waals surface area contributed by atoms with Gasteiger partial charge < -0.3 is 19.9 Å². The maximum atomic E-state index is 12.4. The molecular weight excluding hydrogens is 461 g/mol. The number of anilines is 2. The van der Waals surface area contributed by atoms with Crippen LogP contribution in [-0.2, 0) is 9.59 Å². The highest BCUT2D eigenvalue weighted by Crippen LogP contribution is 2.33. The summed E-state index contributed by atoms with van der Waals surface area (Å²) in [5, 5.41) is 4.12. The second-order valence-electron chi connectivity index (χ2n) is 6.99. The molecule has 2 aromatic rings. The Balaban J connectivity index is 1.66. The van der Waals surface area contributed by atoms with E-state index >= 15 is 0 Å². The second kappa shape index (κ2) is 10.3. The molecule has 164 valence electrons. The second-order valence-corrected chi connectivity index (χ2v) is 8.24. The fraction of sp³-hybridized carbons (Fsp3) is 0.273. The van der Waals surface area contributed by atoms with Crippen LogP contribution in [0.15, 0.2) is 36.4 Å². The quantitative estimate of drug-likeness (QED) is 0.611. The molecule has 0 radical (unpaired) electrons. The fourth-order valence-corrected chi connectivity index (χ4v) is 4.26. The fourth-order valence-electron chi connectivity index (χ4n) is 3.37. The van der Waals surface area contributed by atoms with Crippen LogP contribution in [0.25, 0.3) is 6.08 Å². The summed E-state index contributed by atoms with van der Waals surface area (Å²) in [6.45, 7) is 4.30. The minimum absolute atomic E-state index is 0.0783. The lowest BCUT2D eigenvalue weighted by atomic mass is 10.2. The van der Waals surface area contributed by atoms with Gasteiger partial charge in [-0.3, -0.25) is 9.59 Å². The summed E-state index contributed by atoms with van der Waals surface area (Å²) in [7, 11) is 1.50. The van der Waals surface area contributed by atoms with Gasteiger partial charge in [-0.15, -0.1) is 0 Å². The monoisotopic (exact) mass is 481 g/mol. The smallest absolute Gasteiger partial charge is 0.248 e. The largest absolute Gasteiger partial charge is 0.495 e. The molecule has 0 aromatic heterocycles. The van der Waals surface area contributed by atoms with Gasteiger partial charge in [-0.25, -0.2) is 0 Å². The van der Waals surface area contributed by atoms with Crippen molar-refractivity contribution in [2.24, 2.45) is 0 Å². The molecule has 1 saturated heterocycles. The summed E-state index contributed by atoms with van der Waals surface area (Å²) >= 11 is 18.6. The first-order chi connectivity index (χ1) is 14.8. The molecule has 0 spiro atoms. The molecule has 3 rings (SSSR count). The molecule has 0 bridgehead atoms. The number of nitrogens with one attached hydrogen (secondary N) is 1. The number of piperazine rings is 1. The lowest BCUT2D eigenvalue weighted by Gasteiger charge is -2.36. The molecule has 1 heterocycles. The first-order valence-corrected chi connectivity index (χ1v) is 10.7. The SMILES string of the molecule is COc1c(Cl)cc(Cl)cc1/C=C/C(=O)Nc1ccc(N2CCN(C(C)=O)CC2)c(Cl)c1. The van der Waals surface area contributed by atoms with Crippen molar-refractivity contribution in [1.29, 1.82) is 0 Å². The van der Waals surface area contributed by atoms with E-state index in [1.807, 2.05) is 11.0 Å². The Hall–Kier alpha value is -2.41. The number of carbonyl (C=O) groups is 2. The molecule has 0 aliphatic carbocycles. The van der Waals surface area contributed by atoms with Gasteiger partial charge in [-0.05, 0) is 36.4 Å². The zero-order chi connectivity index (χ0) is 22.5. The van der Waals surface area contributed by atoms with Gasteiger partial charge in [-0.2, -0.15) is 0 Å². The number of ether oxygens (including phenoxy) is 1. The van der Waals surface area contributed by atoms with E-state index in [1.54, 1.807) is 37.3 Å². The number of amides is 2. The number of rotatable bonds is 5. The molecule has 2 aromatic carbocycles. The lowest BCUT2D eigenvalue weighted by molar-refractivity contribution is -0.129. The van der Waals surface area contributed by atoms with Gasteiger partial charge in [0, 0.05) is 55.5 Å². The zero-order valence-corrected chi connectivity index (χ0v) is 19.4. The molecule has 0 saturated carbocycles. The zero-order valence-electron chi connectivity index (χ0n) is 17.1. The van der Waals surface area contributed by atoms with Crippen molar-refractivity contribution in [1.82, 2.24) is 4.90 Å². The third kappa shape index (κ3) is 5.85. The first kappa shape index (κ1) is 23.3. The summed E-state index contributed by atoms with van der Waals surface area (Å²) in [5.74, 6) is 0.180. The van der Waals surface area contributed by atoms with Crippen LogP contribution < -0.4 is 15.0 Å². The minimum atomic E-state index is -0.336. The number of methoxy groups -OCH3 is 1. The Bertz CT molecular complexity index is 1020. The molecule has 2 amide bonds. The Labute approximate surface area is 196 Å². The van der Waals surface area contributed by atoms with Gasteiger partial charge >= 0.3 is 0 Å². The van der Waals surface area contributed by atoms with Gasteiger partial charge in [0.2, 0.25) is 11.8 Å². The van der Waals surface area contributed by atoms with E-state index in [-0.39, 0.29) is 11.8 Å². The maximum absolute atomic E-state index is 12.4. The van der Waals surface area contributed by atoms with Crippen molar-refractivity contribution >= 4 is 64.1 Å². The number of halogens is 3. The van der Waals surface area contributed by atoms with Gasteiger partial charge in [0.15, 0.2) is 0 Å². The van der Waals surface area contributed by atoms with E-state index in [1.165, 1.54) is 13.2 Å². The molecule has 1 fully saturated rings. The average Bonchev–Trinajstić information content (AvgIpc) is 2.72. The molecule has 1 aliphatic rings. The number of benzene rings is 2. The van der Waals surface area contributed by atoms with Crippen molar-refractivity contribution < 1.29 is 14.3 Å². The van der Waals surface area contributed by atoms with Crippen LogP contribution in [0.3, 0.4) is 0 Å². The highest BCUT2D eigenvalue weighted by molar-refractivity contribution is 6.36. The summed E-state index contributed by atoms with van der Waals surface area (Å²) in [4.78, 5) is 27.8. The van der Waals surface area contributed by atoms with E-state index in [0.29, 0.717) is 58.2 Å². The average molecular weight is 483 g/mol. The molecule has 1 aliphatic heterocycles. The standard InChI is InChI=1S/C22H22Cl3N3O3/c1-14(29)27-7-9-28(10-8-27)20-5-4-17(13-18(20)24)26-21(30)6-3-15-11-16(23)12-19(25)22(15)31-2/h3-6,11-13H,7-10H2,1-2H3,(H,26,30)/b6-3+. The predicted molar refractivity (Wildman–Crippen MR) is 127 cm³/mol. The topological polar surface area (TPSA) is 61.9 Å². The highest BCUT2D eigenvalue weighted by Gasteiger charge is 2.20. The Morgan fingerprint density at radius 1 is 1.03 bits per heavy atom. The highest BCUT2D eigenvalue weighted by atomic mass is 35.5. The van der Waals surface area contributed by atoms with E-state index < -0.39 is 0 Å². The number of hydrogen-bond donors (Lipinski definition) is 1. The van der Waals surface area contributed by atoms with Crippen molar-refractivity contribution in [2.45, 2.75) is 6.92 Å². The van der Waals surface area contributed by atoms with Crippen molar-refractivity contribution in [3.05, 3.63) is 57.0 Å². The molecule has 31 heavy (non-hydrogen) atoms. The maximum Gasteiger partial charge on any atom is 0.248 e. The van der Waals surface area contributed by atoms with Crippen molar-refractivity contribution in [3.8, 4) is 5.75 Å². The van der Waals surface area contributed by atoms with Crippen LogP contribution in [0, 0.1) is 0 Å². The molecule has 6 nitrogen and oxygen atoms in total. The van der Waals surface area contributed by atoms with Crippen molar-refractivity contribution in [2.75, 3.05) is 43.5 Å². The number of nitrogens with zero attached hydrogens (tertiary/aromatic N) is 2.